The van der Waals surface area contributed by atoms with Gasteiger partial charge < -0.3 is 9.42 Å². The summed E-state index contributed by atoms with van der Waals surface area (Å²) in [5.41, 5.74) is 0.376. The Balaban J connectivity index is 1.94. The first-order chi connectivity index (χ1) is 12.2. The van der Waals surface area contributed by atoms with Gasteiger partial charge in [0.15, 0.2) is 5.76 Å². The lowest BCUT2D eigenvalue weighted by molar-refractivity contribution is -0.128. The molecule has 0 spiro atoms. The highest BCUT2D eigenvalue weighted by molar-refractivity contribution is 7.99. The van der Waals surface area contributed by atoms with E-state index in [1.165, 1.54) is 4.31 Å². The van der Waals surface area contributed by atoms with Gasteiger partial charge in [0.25, 0.3) is 0 Å². The summed E-state index contributed by atoms with van der Waals surface area (Å²) >= 11 is 1.65. The Kier molecular flexibility index (Phi) is 7.54. The number of thioether (sulfide) groups is 1. The van der Waals surface area contributed by atoms with Crippen molar-refractivity contribution in [1.29, 1.82) is 0 Å². The van der Waals surface area contributed by atoms with Gasteiger partial charge in [-0.15, -0.1) is 0 Å². The van der Waals surface area contributed by atoms with Gasteiger partial charge in [0.05, 0.1) is 5.75 Å². The summed E-state index contributed by atoms with van der Waals surface area (Å²) in [6, 6.07) is 0. The Bertz CT molecular complexity index is 696. The maximum atomic E-state index is 12.9. The molecule has 26 heavy (non-hydrogen) atoms. The van der Waals surface area contributed by atoms with Crippen LogP contribution in [0.4, 0.5) is 0 Å². The van der Waals surface area contributed by atoms with Crippen molar-refractivity contribution in [2.24, 2.45) is 5.92 Å². The van der Waals surface area contributed by atoms with Crippen LogP contribution in [0.15, 0.2) is 9.42 Å². The number of hydrogen-bond donors (Lipinski definition) is 0. The minimum Gasteiger partial charge on any atom is -0.360 e. The van der Waals surface area contributed by atoms with Gasteiger partial charge in [0, 0.05) is 26.2 Å². The minimum absolute atomic E-state index is 0.0929. The molecule has 0 aromatic carbocycles. The lowest BCUT2D eigenvalue weighted by atomic mass is 10.2. The van der Waals surface area contributed by atoms with Gasteiger partial charge in [-0.25, -0.2) is 8.42 Å². The van der Waals surface area contributed by atoms with Crippen LogP contribution in [0, 0.1) is 19.8 Å². The van der Waals surface area contributed by atoms with Crippen LogP contribution < -0.4 is 0 Å². The van der Waals surface area contributed by atoms with Gasteiger partial charge in [-0.3, -0.25) is 4.79 Å². The van der Waals surface area contributed by atoms with Gasteiger partial charge in [0.1, 0.15) is 10.6 Å². The topological polar surface area (TPSA) is 83.7 Å². The van der Waals surface area contributed by atoms with Crippen LogP contribution in [0.1, 0.15) is 38.1 Å². The largest absolute Gasteiger partial charge is 0.360 e. The van der Waals surface area contributed by atoms with Crippen LogP contribution in [-0.2, 0) is 14.8 Å². The Hall–Kier alpha value is -1.06. The van der Waals surface area contributed by atoms with Crippen molar-refractivity contribution in [3.63, 3.8) is 0 Å². The van der Waals surface area contributed by atoms with Crippen LogP contribution >= 0.6 is 11.8 Å². The second kappa shape index (κ2) is 9.23. The predicted octanol–water partition coefficient (Wildman–Crippen LogP) is 2.29. The Morgan fingerprint density at radius 2 is 1.96 bits per heavy atom. The lowest BCUT2D eigenvalue weighted by Crippen LogP contribution is -2.38. The molecule has 1 fully saturated rings. The van der Waals surface area contributed by atoms with Gasteiger partial charge in [-0.1, -0.05) is 19.0 Å². The van der Waals surface area contributed by atoms with E-state index in [0.29, 0.717) is 55.7 Å². The Labute approximate surface area is 160 Å². The molecule has 0 unspecified atom stereocenters. The number of carbonyl (C=O) groups excluding carboxylic acids is 1. The van der Waals surface area contributed by atoms with Gasteiger partial charge in [-0.2, -0.15) is 16.1 Å². The molecule has 9 heteroatoms. The molecular weight excluding hydrogens is 374 g/mol. The van der Waals surface area contributed by atoms with E-state index in [2.05, 4.69) is 19.0 Å². The molecule has 0 saturated carbocycles. The van der Waals surface area contributed by atoms with Crippen molar-refractivity contribution >= 4 is 27.7 Å². The zero-order valence-corrected chi connectivity index (χ0v) is 17.7. The lowest BCUT2D eigenvalue weighted by Gasteiger charge is -2.22. The number of amides is 1. The first kappa shape index (κ1) is 21.2. The van der Waals surface area contributed by atoms with Crippen molar-refractivity contribution in [2.45, 2.75) is 45.4 Å². The molecule has 0 aliphatic carbocycles. The average molecular weight is 404 g/mol. The molecule has 1 aromatic heterocycles. The number of carbonyl (C=O) groups is 1. The van der Waals surface area contributed by atoms with Crippen molar-refractivity contribution in [1.82, 2.24) is 14.4 Å². The number of rotatable bonds is 7. The molecule has 1 aliphatic rings. The fourth-order valence-corrected chi connectivity index (χ4v) is 5.83. The van der Waals surface area contributed by atoms with Crippen LogP contribution in [0.3, 0.4) is 0 Å². The monoisotopic (exact) mass is 403 g/mol. The fourth-order valence-electron chi connectivity index (χ4n) is 2.93. The van der Waals surface area contributed by atoms with E-state index in [-0.39, 0.29) is 10.8 Å². The van der Waals surface area contributed by atoms with E-state index in [1.54, 1.807) is 30.5 Å². The number of nitrogens with zero attached hydrogens (tertiary/aromatic N) is 3. The van der Waals surface area contributed by atoms with Crippen molar-refractivity contribution < 1.29 is 17.7 Å². The third kappa shape index (κ3) is 5.23. The molecule has 0 N–H and O–H groups in total. The molecule has 1 amide bonds. The predicted molar refractivity (Wildman–Crippen MR) is 103 cm³/mol. The van der Waals surface area contributed by atoms with Gasteiger partial charge >= 0.3 is 0 Å². The van der Waals surface area contributed by atoms with Crippen molar-refractivity contribution in [3.05, 3.63) is 11.5 Å². The molecule has 1 aliphatic heterocycles. The Morgan fingerprint density at radius 1 is 1.23 bits per heavy atom. The molecule has 2 rings (SSSR count). The number of hydrogen-bond acceptors (Lipinski definition) is 6. The first-order valence-corrected chi connectivity index (χ1v) is 11.6. The summed E-state index contributed by atoms with van der Waals surface area (Å²) in [7, 11) is -3.65. The van der Waals surface area contributed by atoms with Crippen LogP contribution in [0.5, 0.6) is 0 Å². The summed E-state index contributed by atoms with van der Waals surface area (Å²) in [6.45, 7) is 9.30. The molecule has 0 atom stereocenters. The van der Waals surface area contributed by atoms with E-state index in [4.69, 9.17) is 4.52 Å². The third-order valence-corrected chi connectivity index (χ3v) is 7.56. The highest BCUT2D eigenvalue weighted by Crippen LogP contribution is 2.24. The van der Waals surface area contributed by atoms with Crippen molar-refractivity contribution in [2.75, 3.05) is 37.7 Å². The molecule has 0 radical (unpaired) electrons. The number of aromatic nitrogens is 1. The molecule has 2 heterocycles. The molecule has 1 saturated heterocycles. The summed E-state index contributed by atoms with van der Waals surface area (Å²) in [5, 5.41) is 3.75. The standard InChI is InChI=1S/C17H29N3O4S2/c1-13(2)6-11-25-12-16(21)19-7-5-8-20(10-9-19)26(22,23)17-14(3)18-24-15(17)4/h13H,5-12H2,1-4H3. The van der Waals surface area contributed by atoms with E-state index in [9.17, 15) is 13.2 Å². The van der Waals surface area contributed by atoms with Gasteiger partial charge in [0.2, 0.25) is 15.9 Å². The van der Waals surface area contributed by atoms with E-state index in [0.717, 1.165) is 12.2 Å². The zero-order chi connectivity index (χ0) is 19.3. The van der Waals surface area contributed by atoms with Crippen LogP contribution in [0.25, 0.3) is 0 Å². The average Bonchev–Trinajstić information content (AvgIpc) is 2.77. The highest BCUT2D eigenvalue weighted by atomic mass is 32.2. The Morgan fingerprint density at radius 3 is 2.58 bits per heavy atom. The highest BCUT2D eigenvalue weighted by Gasteiger charge is 2.32. The fraction of sp³-hybridized carbons (Fsp3) is 0.765. The molecule has 7 nitrogen and oxygen atoms in total. The first-order valence-electron chi connectivity index (χ1n) is 9.02. The maximum Gasteiger partial charge on any atom is 0.248 e. The molecule has 148 valence electrons. The number of sulfonamides is 1. The summed E-state index contributed by atoms with van der Waals surface area (Å²) < 4.78 is 32.3. The van der Waals surface area contributed by atoms with E-state index in [1.807, 2.05) is 0 Å². The smallest absolute Gasteiger partial charge is 0.248 e. The SMILES string of the molecule is Cc1noc(C)c1S(=O)(=O)N1CCCN(C(=O)CSCCC(C)C)CC1. The normalized spacial score (nSPS) is 16.9. The van der Waals surface area contributed by atoms with Crippen LogP contribution in [0.2, 0.25) is 0 Å². The number of aryl methyl sites for hydroxylation is 2. The molecular formula is C17H29N3O4S2. The maximum absolute atomic E-state index is 12.9. The third-order valence-electron chi connectivity index (χ3n) is 4.44. The molecule has 0 bridgehead atoms. The molecule has 1 aromatic rings. The second-order valence-corrected chi connectivity index (χ2v) is 10.0. The summed E-state index contributed by atoms with van der Waals surface area (Å²) in [6.07, 6.45) is 1.73. The van der Waals surface area contributed by atoms with Crippen molar-refractivity contribution in [3.8, 4) is 0 Å². The zero-order valence-electron chi connectivity index (χ0n) is 16.0. The van der Waals surface area contributed by atoms with E-state index < -0.39 is 10.0 Å². The summed E-state index contributed by atoms with van der Waals surface area (Å²) in [5.74, 6) is 2.48. The van der Waals surface area contributed by atoms with Crippen LogP contribution in [-0.4, -0.2) is 66.4 Å². The minimum atomic E-state index is -3.65. The second-order valence-electron chi connectivity index (χ2n) is 7.03. The summed E-state index contributed by atoms with van der Waals surface area (Å²) in [4.78, 5) is 14.3. The van der Waals surface area contributed by atoms with E-state index >= 15 is 0 Å². The van der Waals surface area contributed by atoms with Gasteiger partial charge in [-0.05, 0) is 38.4 Å². The quantitative estimate of drug-likeness (QED) is 0.650.